The molecule has 1 rings (SSSR count). The molecule has 1 aromatic rings. The van der Waals surface area contributed by atoms with Crippen molar-refractivity contribution in [2.75, 3.05) is 6.61 Å². The van der Waals surface area contributed by atoms with Gasteiger partial charge in [-0.3, -0.25) is 0 Å². The minimum Gasteiger partial charge on any atom is -0.462 e. The Bertz CT molecular complexity index is 395. The minimum atomic E-state index is -0.418. The lowest BCUT2D eigenvalue weighted by molar-refractivity contribution is -0.137. The highest BCUT2D eigenvalue weighted by Crippen LogP contribution is 2.01. The Hall–Kier alpha value is -1.73. The first-order valence-electron chi connectivity index (χ1n) is 4.75. The van der Waals surface area contributed by atoms with Crippen molar-refractivity contribution in [2.45, 2.75) is 6.42 Å². The molecule has 0 aromatic heterocycles. The number of hydrogen-bond donors (Lipinski definition) is 0. The van der Waals surface area contributed by atoms with Gasteiger partial charge in [0.15, 0.2) is 0 Å². The lowest BCUT2D eigenvalue weighted by atomic mass is 10.2. The number of benzene rings is 1. The zero-order valence-electron chi connectivity index (χ0n) is 8.63. The fraction of sp³-hybridized carbons (Fsp3) is 0.167. The number of thioether (sulfide) groups is 1. The maximum absolute atomic E-state index is 11.1. The van der Waals surface area contributed by atoms with Crippen LogP contribution in [0.2, 0.25) is 0 Å². The van der Waals surface area contributed by atoms with Crippen LogP contribution in [-0.4, -0.2) is 12.6 Å². The molecule has 0 saturated heterocycles. The van der Waals surface area contributed by atoms with Crippen molar-refractivity contribution >= 4 is 17.7 Å². The van der Waals surface area contributed by atoms with Crippen LogP contribution in [0.15, 0.2) is 41.8 Å². The summed E-state index contributed by atoms with van der Waals surface area (Å²) in [5, 5.41) is 11.4. The molecular formula is C12H11NO2S. The van der Waals surface area contributed by atoms with E-state index in [-0.39, 0.29) is 0 Å². The average molecular weight is 233 g/mol. The Balaban J connectivity index is 2.21. The summed E-state index contributed by atoms with van der Waals surface area (Å²) >= 11 is 0.890. The molecule has 3 nitrogen and oxygen atoms in total. The summed E-state index contributed by atoms with van der Waals surface area (Å²) in [6.45, 7) is 0.352. The first kappa shape index (κ1) is 12.3. The van der Waals surface area contributed by atoms with Gasteiger partial charge in [0.05, 0.1) is 6.61 Å². The van der Waals surface area contributed by atoms with Gasteiger partial charge in [0.2, 0.25) is 0 Å². The van der Waals surface area contributed by atoms with Gasteiger partial charge in [-0.1, -0.05) is 30.3 Å². The Kier molecular flexibility index (Phi) is 5.82. The van der Waals surface area contributed by atoms with E-state index in [1.165, 1.54) is 11.5 Å². The molecule has 0 atom stereocenters. The number of thiocyanates is 1. The molecule has 0 unspecified atom stereocenters. The predicted molar refractivity (Wildman–Crippen MR) is 63.4 cm³/mol. The Morgan fingerprint density at radius 2 is 2.19 bits per heavy atom. The molecule has 0 fully saturated rings. The van der Waals surface area contributed by atoms with E-state index in [4.69, 9.17) is 10.00 Å². The molecule has 0 heterocycles. The largest absolute Gasteiger partial charge is 0.462 e. The minimum absolute atomic E-state index is 0.352. The smallest absolute Gasteiger partial charge is 0.331 e. The van der Waals surface area contributed by atoms with Crippen molar-refractivity contribution in [2.24, 2.45) is 0 Å². The molecule has 82 valence electrons. The molecule has 0 amide bonds. The van der Waals surface area contributed by atoms with Crippen LogP contribution >= 0.6 is 11.8 Å². The molecule has 0 aliphatic rings. The Labute approximate surface area is 98.7 Å². The van der Waals surface area contributed by atoms with Gasteiger partial charge >= 0.3 is 5.97 Å². The van der Waals surface area contributed by atoms with E-state index in [1.54, 1.807) is 0 Å². The topological polar surface area (TPSA) is 50.1 Å². The molecule has 1 aromatic carbocycles. The number of carbonyl (C=O) groups excluding carboxylic acids is 1. The van der Waals surface area contributed by atoms with Gasteiger partial charge in [-0.05, 0) is 22.7 Å². The lowest BCUT2D eigenvalue weighted by Gasteiger charge is -2.01. The van der Waals surface area contributed by atoms with Crippen LogP contribution in [0.3, 0.4) is 0 Å². The molecule has 0 N–H and O–H groups in total. The van der Waals surface area contributed by atoms with Crippen molar-refractivity contribution < 1.29 is 9.53 Å². The molecule has 0 radical (unpaired) electrons. The number of ether oxygens (including phenoxy) is 1. The first-order chi connectivity index (χ1) is 7.83. The highest BCUT2D eigenvalue weighted by Gasteiger charge is 1.97. The fourth-order valence-electron chi connectivity index (χ4n) is 1.08. The van der Waals surface area contributed by atoms with E-state index < -0.39 is 5.97 Å². The molecule has 4 heteroatoms. The summed E-state index contributed by atoms with van der Waals surface area (Å²) in [7, 11) is 0. The van der Waals surface area contributed by atoms with Crippen LogP contribution in [0.1, 0.15) is 5.56 Å². The van der Waals surface area contributed by atoms with Crippen molar-refractivity contribution in [3.63, 3.8) is 0 Å². The highest BCUT2D eigenvalue weighted by molar-refractivity contribution is 8.06. The normalized spacial score (nSPS) is 9.94. The van der Waals surface area contributed by atoms with Gasteiger partial charge < -0.3 is 4.74 Å². The number of hydrogen-bond acceptors (Lipinski definition) is 4. The van der Waals surface area contributed by atoms with Crippen molar-refractivity contribution in [3.8, 4) is 5.40 Å². The Morgan fingerprint density at radius 1 is 1.44 bits per heavy atom. The van der Waals surface area contributed by atoms with Gasteiger partial charge in [-0.15, -0.1) is 0 Å². The second-order valence-corrected chi connectivity index (χ2v) is 3.61. The number of carbonyl (C=O) groups is 1. The van der Waals surface area contributed by atoms with Gasteiger partial charge in [-0.25, -0.2) is 4.79 Å². The third-order valence-corrected chi connectivity index (χ3v) is 2.18. The molecule has 0 saturated carbocycles. The maximum Gasteiger partial charge on any atom is 0.331 e. The molecule has 0 aliphatic carbocycles. The number of nitrogens with zero attached hydrogens (tertiary/aromatic N) is 1. The third-order valence-electron chi connectivity index (χ3n) is 1.80. The Morgan fingerprint density at radius 3 is 2.88 bits per heavy atom. The summed E-state index contributed by atoms with van der Waals surface area (Å²) in [6, 6.07) is 9.79. The third kappa shape index (κ3) is 5.23. The van der Waals surface area contributed by atoms with Crippen LogP contribution in [-0.2, 0) is 16.0 Å². The monoisotopic (exact) mass is 233 g/mol. The van der Waals surface area contributed by atoms with E-state index in [9.17, 15) is 4.79 Å². The fourth-order valence-corrected chi connectivity index (χ4v) is 1.32. The zero-order chi connectivity index (χ0) is 11.6. The molecule has 0 aliphatic heterocycles. The second kappa shape index (κ2) is 7.55. The number of nitriles is 1. The van der Waals surface area contributed by atoms with E-state index in [0.29, 0.717) is 13.0 Å². The van der Waals surface area contributed by atoms with Crippen molar-refractivity contribution in [1.82, 2.24) is 0 Å². The van der Waals surface area contributed by atoms with Gasteiger partial charge in [0, 0.05) is 12.5 Å². The van der Waals surface area contributed by atoms with Gasteiger partial charge in [-0.2, -0.15) is 5.26 Å². The summed E-state index contributed by atoms with van der Waals surface area (Å²) in [5.41, 5.74) is 1.13. The van der Waals surface area contributed by atoms with E-state index >= 15 is 0 Å². The molecule has 0 bridgehead atoms. The van der Waals surface area contributed by atoms with E-state index in [0.717, 1.165) is 17.3 Å². The van der Waals surface area contributed by atoms with Crippen molar-refractivity contribution in [3.05, 3.63) is 47.4 Å². The van der Waals surface area contributed by atoms with E-state index in [2.05, 4.69) is 0 Å². The van der Waals surface area contributed by atoms with Crippen LogP contribution in [0.5, 0.6) is 0 Å². The van der Waals surface area contributed by atoms with Gasteiger partial charge in [0.1, 0.15) is 5.40 Å². The van der Waals surface area contributed by atoms with Crippen LogP contribution < -0.4 is 0 Å². The first-order valence-corrected chi connectivity index (χ1v) is 5.63. The van der Waals surface area contributed by atoms with Crippen molar-refractivity contribution in [1.29, 1.82) is 5.26 Å². The standard InChI is InChI=1S/C12H11NO2S/c13-10-16-9-7-12(14)15-8-6-11-4-2-1-3-5-11/h1-5,7,9H,6,8H2/b9-7-. The number of rotatable bonds is 5. The summed E-state index contributed by atoms with van der Waals surface area (Å²) in [6.07, 6.45) is 1.95. The lowest BCUT2D eigenvalue weighted by Crippen LogP contribution is -2.04. The molecule has 0 spiro atoms. The molecule has 16 heavy (non-hydrogen) atoms. The second-order valence-electron chi connectivity index (χ2n) is 2.91. The predicted octanol–water partition coefficient (Wildman–Crippen LogP) is 2.50. The maximum atomic E-state index is 11.1. The summed E-state index contributed by atoms with van der Waals surface area (Å²) < 4.78 is 4.94. The number of esters is 1. The quantitative estimate of drug-likeness (QED) is 0.445. The van der Waals surface area contributed by atoms with Crippen LogP contribution in [0.4, 0.5) is 0 Å². The highest BCUT2D eigenvalue weighted by atomic mass is 32.2. The van der Waals surface area contributed by atoms with Gasteiger partial charge in [0.25, 0.3) is 0 Å². The SMILES string of the molecule is N#CS/C=C\C(=O)OCCc1ccccc1. The van der Waals surface area contributed by atoms with Crippen LogP contribution in [0, 0.1) is 10.7 Å². The van der Waals surface area contributed by atoms with E-state index in [1.807, 2.05) is 35.7 Å². The van der Waals surface area contributed by atoms with Crippen LogP contribution in [0.25, 0.3) is 0 Å². The summed E-state index contributed by atoms with van der Waals surface area (Å²) in [5.74, 6) is -0.418. The zero-order valence-corrected chi connectivity index (χ0v) is 9.44. The summed E-state index contributed by atoms with van der Waals surface area (Å²) in [4.78, 5) is 11.1. The average Bonchev–Trinajstić information content (AvgIpc) is 2.31. The molecular weight excluding hydrogens is 222 g/mol.